The van der Waals surface area contributed by atoms with Crippen molar-refractivity contribution in [3.05, 3.63) is 11.5 Å². The summed E-state index contributed by atoms with van der Waals surface area (Å²) in [6, 6.07) is 0.178. The molecule has 0 spiro atoms. The molecule has 0 aliphatic carbocycles. The van der Waals surface area contributed by atoms with Crippen LogP contribution in [0.15, 0.2) is 6.20 Å². The Morgan fingerprint density at radius 2 is 2.07 bits per heavy atom. The van der Waals surface area contributed by atoms with Crippen LogP contribution in [0.4, 0.5) is 5.82 Å². The lowest BCUT2D eigenvalue weighted by Crippen LogP contribution is -2.41. The quantitative estimate of drug-likeness (QED) is 0.729. The molecule has 0 saturated carbocycles. The summed E-state index contributed by atoms with van der Waals surface area (Å²) in [6.07, 6.45) is 3.59. The molecule has 0 amide bonds. The third kappa shape index (κ3) is 3.85. The topological polar surface area (TPSA) is 85.6 Å². The Morgan fingerprint density at radius 1 is 1.30 bits per heavy atom. The summed E-state index contributed by atoms with van der Waals surface area (Å²) < 4.78 is 7.56. The summed E-state index contributed by atoms with van der Waals surface area (Å²) in [5.41, 5.74) is 0.745. The number of anilines is 1. The van der Waals surface area contributed by atoms with Crippen LogP contribution in [0, 0.1) is 0 Å². The van der Waals surface area contributed by atoms with Crippen molar-refractivity contribution < 1.29 is 14.4 Å². The Bertz CT molecular complexity index is 835. The van der Waals surface area contributed by atoms with Crippen LogP contribution in [0.2, 0.25) is 5.28 Å². The van der Waals surface area contributed by atoms with Gasteiger partial charge in [0.25, 0.3) is 0 Å². The van der Waals surface area contributed by atoms with Crippen molar-refractivity contribution in [1.29, 1.82) is 0 Å². The molecule has 9 nitrogen and oxygen atoms in total. The molecule has 2 aliphatic heterocycles. The number of aromatic nitrogens is 4. The molecule has 27 heavy (non-hydrogen) atoms. The zero-order chi connectivity index (χ0) is 19.0. The summed E-state index contributed by atoms with van der Waals surface area (Å²) in [4.78, 5) is 27.4. The van der Waals surface area contributed by atoms with Gasteiger partial charge in [0.15, 0.2) is 5.65 Å². The molecule has 0 bridgehead atoms. The molecular weight excluding hydrogens is 372 g/mol. The standard InChI is InChI=1S/C17H23ClN6O3/c1-11-10-22(7-8-26-11)15-14-9-19-24(16(14)21-17(18)20-15)13-3-5-23(6-4-13)27-12(2)25/h9,11,13H,3-8,10H2,1-2H3. The number of hydrogen-bond acceptors (Lipinski definition) is 8. The van der Waals surface area contributed by atoms with E-state index in [-0.39, 0.29) is 23.4 Å². The fraction of sp³-hybridized carbons (Fsp3) is 0.647. The van der Waals surface area contributed by atoms with E-state index in [4.69, 9.17) is 21.2 Å². The Labute approximate surface area is 162 Å². The summed E-state index contributed by atoms with van der Waals surface area (Å²) in [5.74, 6) is 0.519. The van der Waals surface area contributed by atoms with Crippen LogP contribution in [0.3, 0.4) is 0 Å². The van der Waals surface area contributed by atoms with Gasteiger partial charge >= 0.3 is 5.97 Å². The predicted molar refractivity (Wildman–Crippen MR) is 99.6 cm³/mol. The number of fused-ring (bicyclic) bond motifs is 1. The Balaban J connectivity index is 1.59. The number of hydrogen-bond donors (Lipinski definition) is 0. The molecular formula is C17H23ClN6O3. The monoisotopic (exact) mass is 394 g/mol. The van der Waals surface area contributed by atoms with Crippen LogP contribution >= 0.6 is 11.6 Å². The second-order valence-corrected chi connectivity index (χ2v) is 7.35. The van der Waals surface area contributed by atoms with E-state index in [2.05, 4.69) is 20.0 Å². The Hall–Kier alpha value is -1.97. The third-order valence-corrected chi connectivity index (χ3v) is 5.14. The summed E-state index contributed by atoms with van der Waals surface area (Å²) in [7, 11) is 0. The molecule has 0 N–H and O–H groups in total. The number of nitrogens with zero attached hydrogens (tertiary/aromatic N) is 6. The number of carbonyl (C=O) groups is 1. The molecule has 4 heterocycles. The average molecular weight is 395 g/mol. The molecule has 2 aliphatic rings. The number of halogens is 1. The Kier molecular flexibility index (Phi) is 5.16. The molecule has 2 saturated heterocycles. The first kappa shape index (κ1) is 18.4. The minimum absolute atomic E-state index is 0.142. The summed E-state index contributed by atoms with van der Waals surface area (Å²) >= 11 is 6.24. The Morgan fingerprint density at radius 3 is 2.78 bits per heavy atom. The van der Waals surface area contributed by atoms with Gasteiger partial charge in [-0.05, 0) is 31.4 Å². The zero-order valence-electron chi connectivity index (χ0n) is 15.5. The van der Waals surface area contributed by atoms with Gasteiger partial charge in [-0.3, -0.25) is 4.79 Å². The second kappa shape index (κ2) is 7.57. The number of carbonyl (C=O) groups excluding carboxylic acids is 1. The van der Waals surface area contributed by atoms with E-state index in [1.807, 2.05) is 17.8 Å². The second-order valence-electron chi connectivity index (χ2n) is 7.01. The highest BCUT2D eigenvalue weighted by atomic mass is 35.5. The molecule has 2 aromatic rings. The van der Waals surface area contributed by atoms with Crippen molar-refractivity contribution in [3.8, 4) is 0 Å². The van der Waals surface area contributed by atoms with E-state index in [0.717, 1.165) is 42.8 Å². The maximum Gasteiger partial charge on any atom is 0.322 e. The van der Waals surface area contributed by atoms with Crippen molar-refractivity contribution in [3.63, 3.8) is 0 Å². The van der Waals surface area contributed by atoms with E-state index >= 15 is 0 Å². The van der Waals surface area contributed by atoms with Gasteiger partial charge in [0, 0.05) is 33.1 Å². The smallest absolute Gasteiger partial charge is 0.322 e. The first-order valence-electron chi connectivity index (χ1n) is 9.22. The van der Waals surface area contributed by atoms with Gasteiger partial charge in [-0.15, -0.1) is 5.06 Å². The van der Waals surface area contributed by atoms with Crippen LogP contribution < -0.4 is 4.90 Å². The molecule has 1 atom stereocenters. The lowest BCUT2D eigenvalue weighted by Gasteiger charge is -2.32. The molecule has 10 heteroatoms. The van der Waals surface area contributed by atoms with E-state index in [0.29, 0.717) is 19.7 Å². The van der Waals surface area contributed by atoms with Crippen molar-refractivity contribution in [2.75, 3.05) is 37.7 Å². The number of rotatable bonds is 3. The molecule has 0 aromatic carbocycles. The van der Waals surface area contributed by atoms with Gasteiger partial charge < -0.3 is 14.5 Å². The van der Waals surface area contributed by atoms with Crippen LogP contribution in [0.25, 0.3) is 11.0 Å². The first-order valence-corrected chi connectivity index (χ1v) is 9.60. The molecule has 2 fully saturated rings. The van der Waals surface area contributed by atoms with Gasteiger partial charge in [0.05, 0.1) is 30.3 Å². The number of ether oxygens (including phenoxy) is 1. The normalized spacial score (nSPS) is 22.3. The van der Waals surface area contributed by atoms with Crippen molar-refractivity contribution in [2.45, 2.75) is 38.8 Å². The van der Waals surface area contributed by atoms with Gasteiger partial charge in [0.1, 0.15) is 5.82 Å². The number of hydroxylamine groups is 2. The minimum atomic E-state index is -0.290. The minimum Gasteiger partial charge on any atom is -0.375 e. The number of piperidine rings is 1. The van der Waals surface area contributed by atoms with Crippen molar-refractivity contribution in [1.82, 2.24) is 24.8 Å². The van der Waals surface area contributed by atoms with Crippen LogP contribution in [-0.4, -0.2) is 69.7 Å². The largest absolute Gasteiger partial charge is 0.375 e. The van der Waals surface area contributed by atoms with Gasteiger partial charge in [0.2, 0.25) is 5.28 Å². The van der Waals surface area contributed by atoms with Crippen LogP contribution in [0.1, 0.15) is 32.7 Å². The molecule has 4 rings (SSSR count). The van der Waals surface area contributed by atoms with Crippen LogP contribution in [-0.2, 0) is 14.4 Å². The van der Waals surface area contributed by atoms with E-state index < -0.39 is 0 Å². The first-order chi connectivity index (χ1) is 13.0. The van der Waals surface area contributed by atoms with Crippen molar-refractivity contribution >= 4 is 34.4 Å². The number of morpholine rings is 1. The van der Waals surface area contributed by atoms with Gasteiger partial charge in [-0.2, -0.15) is 15.1 Å². The molecule has 0 radical (unpaired) electrons. The van der Waals surface area contributed by atoms with E-state index in [1.165, 1.54) is 6.92 Å². The third-order valence-electron chi connectivity index (χ3n) is 4.97. The van der Waals surface area contributed by atoms with E-state index in [1.54, 1.807) is 5.06 Å². The highest BCUT2D eigenvalue weighted by Crippen LogP contribution is 2.31. The summed E-state index contributed by atoms with van der Waals surface area (Å²) in [5, 5.41) is 7.41. The molecule has 1 unspecified atom stereocenters. The summed E-state index contributed by atoms with van der Waals surface area (Å²) in [6.45, 7) is 6.98. The fourth-order valence-electron chi connectivity index (χ4n) is 3.76. The predicted octanol–water partition coefficient (Wildman–Crippen LogP) is 1.82. The highest BCUT2D eigenvalue weighted by molar-refractivity contribution is 6.28. The SMILES string of the molecule is CC(=O)ON1CCC(n2ncc3c(N4CCOC(C)C4)nc(Cl)nc32)CC1. The highest BCUT2D eigenvalue weighted by Gasteiger charge is 2.27. The lowest BCUT2D eigenvalue weighted by molar-refractivity contribution is -0.193. The maximum absolute atomic E-state index is 11.1. The zero-order valence-corrected chi connectivity index (χ0v) is 16.2. The molecule has 146 valence electrons. The van der Waals surface area contributed by atoms with Crippen LogP contribution in [0.5, 0.6) is 0 Å². The molecule has 2 aromatic heterocycles. The van der Waals surface area contributed by atoms with Gasteiger partial charge in [-0.1, -0.05) is 0 Å². The lowest BCUT2D eigenvalue weighted by atomic mass is 10.1. The fourth-order valence-corrected chi connectivity index (χ4v) is 3.92. The van der Waals surface area contributed by atoms with Crippen molar-refractivity contribution in [2.24, 2.45) is 0 Å². The van der Waals surface area contributed by atoms with E-state index in [9.17, 15) is 4.79 Å². The van der Waals surface area contributed by atoms with Gasteiger partial charge in [-0.25, -0.2) is 4.68 Å². The maximum atomic E-state index is 11.1. The average Bonchev–Trinajstić information content (AvgIpc) is 3.05.